The first kappa shape index (κ1) is 14.3. The summed E-state index contributed by atoms with van der Waals surface area (Å²) in [6.45, 7) is 7.15. The number of methoxy groups -OCH3 is 1. The van der Waals surface area contributed by atoms with Gasteiger partial charge in [0.15, 0.2) is 0 Å². The molecule has 0 atom stereocenters. The lowest BCUT2D eigenvalue weighted by Gasteiger charge is -2.23. The number of anilines is 2. The highest BCUT2D eigenvalue weighted by atomic mass is 16.5. The fraction of sp³-hybridized carbons (Fsp3) is 0.538. The van der Waals surface area contributed by atoms with Crippen LogP contribution < -0.4 is 11.1 Å². The second kappa shape index (κ2) is 5.71. The van der Waals surface area contributed by atoms with Crippen molar-refractivity contribution in [3.63, 3.8) is 0 Å². The summed E-state index contributed by atoms with van der Waals surface area (Å²) in [4.78, 5) is 15.8. The molecule has 100 valence electrons. The van der Waals surface area contributed by atoms with Crippen LogP contribution in [0.3, 0.4) is 0 Å². The monoisotopic (exact) mass is 251 g/mol. The van der Waals surface area contributed by atoms with E-state index in [1.165, 1.54) is 13.3 Å². The van der Waals surface area contributed by atoms with Gasteiger partial charge in [0.05, 0.1) is 19.0 Å². The third-order valence-corrected chi connectivity index (χ3v) is 3.01. The van der Waals surface area contributed by atoms with Crippen LogP contribution in [0, 0.1) is 5.41 Å². The zero-order chi connectivity index (χ0) is 13.8. The van der Waals surface area contributed by atoms with Gasteiger partial charge >= 0.3 is 5.97 Å². The van der Waals surface area contributed by atoms with E-state index in [1.807, 2.05) is 0 Å². The van der Waals surface area contributed by atoms with Gasteiger partial charge in [0.1, 0.15) is 11.4 Å². The van der Waals surface area contributed by atoms with Crippen LogP contribution in [0.2, 0.25) is 0 Å². The highest BCUT2D eigenvalue weighted by Gasteiger charge is 2.18. The highest BCUT2D eigenvalue weighted by molar-refractivity contribution is 5.95. The number of pyridine rings is 1. The van der Waals surface area contributed by atoms with E-state index in [0.717, 1.165) is 13.0 Å². The van der Waals surface area contributed by atoms with Crippen molar-refractivity contribution >= 4 is 17.5 Å². The van der Waals surface area contributed by atoms with E-state index >= 15 is 0 Å². The van der Waals surface area contributed by atoms with Gasteiger partial charge in [-0.1, -0.05) is 20.8 Å². The molecule has 18 heavy (non-hydrogen) atoms. The summed E-state index contributed by atoms with van der Waals surface area (Å²) < 4.78 is 4.72. The van der Waals surface area contributed by atoms with E-state index < -0.39 is 5.97 Å². The lowest BCUT2D eigenvalue weighted by molar-refractivity contribution is 0.0601. The number of ether oxygens (including phenoxy) is 1. The average Bonchev–Trinajstić information content (AvgIpc) is 2.36. The van der Waals surface area contributed by atoms with Crippen LogP contribution in [0.4, 0.5) is 11.5 Å². The standard InChI is InChI=1S/C13H21N3O2/c1-5-13(2,3)8-16-11-10(12(17)18-4)6-9(14)7-15-11/h6-7H,5,8,14H2,1-4H3,(H,15,16). The van der Waals surface area contributed by atoms with Crippen LogP contribution in [0.25, 0.3) is 0 Å². The Morgan fingerprint density at radius 1 is 1.56 bits per heavy atom. The molecular weight excluding hydrogens is 230 g/mol. The second-order valence-electron chi connectivity index (χ2n) is 5.03. The van der Waals surface area contributed by atoms with Gasteiger partial charge in [-0.3, -0.25) is 0 Å². The molecule has 5 nitrogen and oxygen atoms in total. The smallest absolute Gasteiger partial charge is 0.341 e. The maximum absolute atomic E-state index is 11.6. The Labute approximate surface area is 108 Å². The minimum Gasteiger partial charge on any atom is -0.465 e. The number of nitrogens with one attached hydrogen (secondary N) is 1. The molecule has 1 aromatic heterocycles. The molecule has 0 saturated heterocycles. The van der Waals surface area contributed by atoms with Crippen LogP contribution in [0.15, 0.2) is 12.3 Å². The Hall–Kier alpha value is -1.78. The van der Waals surface area contributed by atoms with Gasteiger partial charge in [-0.25, -0.2) is 9.78 Å². The van der Waals surface area contributed by atoms with Gasteiger partial charge in [0, 0.05) is 6.54 Å². The molecule has 0 spiro atoms. The fourth-order valence-electron chi connectivity index (χ4n) is 1.34. The molecular formula is C13H21N3O2. The summed E-state index contributed by atoms with van der Waals surface area (Å²) in [6, 6.07) is 1.57. The Morgan fingerprint density at radius 2 is 2.22 bits per heavy atom. The number of aromatic nitrogens is 1. The Bertz CT molecular complexity index is 430. The Kier molecular flexibility index (Phi) is 4.53. The predicted molar refractivity (Wildman–Crippen MR) is 72.6 cm³/mol. The van der Waals surface area contributed by atoms with Crippen LogP contribution in [0.5, 0.6) is 0 Å². The number of hydrogen-bond acceptors (Lipinski definition) is 5. The van der Waals surface area contributed by atoms with Crippen molar-refractivity contribution in [2.75, 3.05) is 24.7 Å². The molecule has 0 fully saturated rings. The molecule has 3 N–H and O–H groups in total. The average molecular weight is 251 g/mol. The molecule has 0 amide bonds. The highest BCUT2D eigenvalue weighted by Crippen LogP contribution is 2.22. The van der Waals surface area contributed by atoms with E-state index in [2.05, 4.69) is 31.1 Å². The third kappa shape index (κ3) is 3.61. The number of carbonyl (C=O) groups is 1. The molecule has 0 bridgehead atoms. The van der Waals surface area contributed by atoms with E-state index in [0.29, 0.717) is 17.1 Å². The Morgan fingerprint density at radius 3 is 2.78 bits per heavy atom. The summed E-state index contributed by atoms with van der Waals surface area (Å²) in [5, 5.41) is 3.18. The van der Waals surface area contributed by atoms with Gasteiger partial charge in [-0.2, -0.15) is 0 Å². The van der Waals surface area contributed by atoms with Crippen molar-refractivity contribution < 1.29 is 9.53 Å². The third-order valence-electron chi connectivity index (χ3n) is 3.01. The van der Waals surface area contributed by atoms with Crippen molar-refractivity contribution in [3.05, 3.63) is 17.8 Å². The first-order valence-corrected chi connectivity index (χ1v) is 5.97. The largest absolute Gasteiger partial charge is 0.465 e. The minimum atomic E-state index is -0.438. The molecule has 0 unspecified atom stereocenters. The topological polar surface area (TPSA) is 77.2 Å². The number of esters is 1. The number of hydrogen-bond donors (Lipinski definition) is 2. The van der Waals surface area contributed by atoms with Crippen molar-refractivity contribution in [2.45, 2.75) is 27.2 Å². The summed E-state index contributed by atoms with van der Waals surface area (Å²) in [5.74, 6) is 0.0733. The molecule has 1 aromatic rings. The van der Waals surface area contributed by atoms with Crippen LogP contribution in [-0.2, 0) is 4.74 Å². The zero-order valence-electron chi connectivity index (χ0n) is 11.4. The lowest BCUT2D eigenvalue weighted by atomic mass is 9.90. The molecule has 0 aliphatic heterocycles. The number of nitrogens with two attached hydrogens (primary N) is 1. The zero-order valence-corrected chi connectivity index (χ0v) is 11.4. The lowest BCUT2D eigenvalue weighted by Crippen LogP contribution is -2.23. The molecule has 0 aliphatic carbocycles. The van der Waals surface area contributed by atoms with Gasteiger partial charge in [-0.15, -0.1) is 0 Å². The van der Waals surface area contributed by atoms with Gasteiger partial charge in [0.25, 0.3) is 0 Å². The molecule has 0 radical (unpaired) electrons. The molecule has 1 heterocycles. The van der Waals surface area contributed by atoms with Crippen molar-refractivity contribution in [3.8, 4) is 0 Å². The predicted octanol–water partition coefficient (Wildman–Crippen LogP) is 2.30. The van der Waals surface area contributed by atoms with E-state index in [9.17, 15) is 4.79 Å². The van der Waals surface area contributed by atoms with E-state index in [4.69, 9.17) is 10.5 Å². The quantitative estimate of drug-likeness (QED) is 0.785. The van der Waals surface area contributed by atoms with E-state index in [-0.39, 0.29) is 5.41 Å². The second-order valence-corrected chi connectivity index (χ2v) is 5.03. The van der Waals surface area contributed by atoms with E-state index in [1.54, 1.807) is 6.07 Å². The van der Waals surface area contributed by atoms with Gasteiger partial charge < -0.3 is 15.8 Å². The fourth-order valence-corrected chi connectivity index (χ4v) is 1.34. The number of nitrogen functional groups attached to an aromatic ring is 1. The normalized spacial score (nSPS) is 11.1. The van der Waals surface area contributed by atoms with Crippen LogP contribution >= 0.6 is 0 Å². The number of nitrogens with zero attached hydrogens (tertiary/aromatic N) is 1. The van der Waals surface area contributed by atoms with Crippen LogP contribution in [0.1, 0.15) is 37.6 Å². The summed E-state index contributed by atoms with van der Waals surface area (Å²) >= 11 is 0. The van der Waals surface area contributed by atoms with Crippen molar-refractivity contribution in [1.82, 2.24) is 4.98 Å². The minimum absolute atomic E-state index is 0.135. The van der Waals surface area contributed by atoms with Crippen LogP contribution in [-0.4, -0.2) is 24.6 Å². The number of carbonyl (C=O) groups excluding carboxylic acids is 1. The first-order chi connectivity index (χ1) is 8.39. The summed E-state index contributed by atoms with van der Waals surface area (Å²) in [6.07, 6.45) is 2.55. The number of rotatable bonds is 5. The maximum atomic E-state index is 11.6. The SMILES string of the molecule is CCC(C)(C)CNc1ncc(N)cc1C(=O)OC. The molecule has 1 rings (SSSR count). The van der Waals surface area contributed by atoms with Gasteiger partial charge in [-0.05, 0) is 17.9 Å². The molecule has 0 saturated carbocycles. The Balaban J connectivity index is 2.91. The molecule has 0 aromatic carbocycles. The van der Waals surface area contributed by atoms with Crippen molar-refractivity contribution in [1.29, 1.82) is 0 Å². The first-order valence-electron chi connectivity index (χ1n) is 5.97. The maximum Gasteiger partial charge on any atom is 0.341 e. The summed E-state index contributed by atoms with van der Waals surface area (Å²) in [7, 11) is 1.34. The van der Waals surface area contributed by atoms with Crippen molar-refractivity contribution in [2.24, 2.45) is 5.41 Å². The summed E-state index contributed by atoms with van der Waals surface area (Å²) in [5.41, 5.74) is 6.57. The molecule has 0 aliphatic rings. The van der Waals surface area contributed by atoms with Gasteiger partial charge in [0.2, 0.25) is 0 Å². The molecule has 5 heteroatoms.